The number of anilines is 1. The molecule has 158 valence electrons. The number of amides is 1. The molecule has 0 N–H and O–H groups in total. The average molecular weight is 429 g/mol. The molecule has 0 atom stereocenters. The van der Waals surface area contributed by atoms with Crippen LogP contribution in [0.1, 0.15) is 25.0 Å². The number of nitro groups is 1. The molecule has 0 aliphatic carbocycles. The van der Waals surface area contributed by atoms with E-state index in [2.05, 4.69) is 0 Å². The van der Waals surface area contributed by atoms with Crippen molar-refractivity contribution in [2.24, 2.45) is 0 Å². The molecule has 1 amide bonds. The monoisotopic (exact) mass is 429 g/mol. The first-order valence-electron chi connectivity index (χ1n) is 9.65. The summed E-state index contributed by atoms with van der Waals surface area (Å²) < 4.78 is 26.9. The minimum absolute atomic E-state index is 0.0435. The van der Waals surface area contributed by atoms with Crippen LogP contribution in [0.5, 0.6) is 0 Å². The molecule has 8 nitrogen and oxygen atoms in total. The Kier molecular flexibility index (Phi) is 6.33. The van der Waals surface area contributed by atoms with E-state index >= 15 is 0 Å². The first-order chi connectivity index (χ1) is 14.3. The van der Waals surface area contributed by atoms with Gasteiger partial charge >= 0.3 is 0 Å². The lowest BCUT2D eigenvalue weighted by Gasteiger charge is -2.19. The molecular formula is C21H23N3O5S. The number of fused-ring (bicyclic) bond motifs is 1. The Morgan fingerprint density at radius 3 is 2.60 bits per heavy atom. The summed E-state index contributed by atoms with van der Waals surface area (Å²) in [6.45, 7) is 4.82. The second-order valence-corrected chi connectivity index (χ2v) is 8.74. The number of hydrogen-bond donors (Lipinski definition) is 0. The fraction of sp³-hybridized carbons (Fsp3) is 0.286. The molecule has 0 spiro atoms. The van der Waals surface area contributed by atoms with Gasteiger partial charge in [0.05, 0.1) is 9.82 Å². The predicted octanol–water partition coefficient (Wildman–Crippen LogP) is 3.23. The van der Waals surface area contributed by atoms with E-state index in [4.69, 9.17) is 0 Å². The number of sulfonamides is 1. The normalized spacial score (nSPS) is 13.8. The lowest BCUT2D eigenvalue weighted by atomic mass is 10.1. The van der Waals surface area contributed by atoms with E-state index in [1.807, 2.05) is 0 Å². The number of carbonyl (C=O) groups is 1. The van der Waals surface area contributed by atoms with Crippen LogP contribution in [-0.4, -0.2) is 43.2 Å². The third-order valence-corrected chi connectivity index (χ3v) is 7.10. The SMILES string of the molecule is CCN(CC)S(=O)(=O)c1ccc2c(c1)CCN2C(=O)/C=C/c1cccc([N+](=O)[O-])c1. The van der Waals surface area contributed by atoms with Crippen molar-refractivity contribution < 1.29 is 18.1 Å². The number of non-ortho nitro benzene ring substituents is 1. The van der Waals surface area contributed by atoms with Gasteiger partial charge in [0.1, 0.15) is 0 Å². The Morgan fingerprint density at radius 1 is 1.20 bits per heavy atom. The van der Waals surface area contributed by atoms with Gasteiger partial charge in [-0.1, -0.05) is 26.0 Å². The van der Waals surface area contributed by atoms with Gasteiger partial charge in [0.25, 0.3) is 11.6 Å². The molecule has 30 heavy (non-hydrogen) atoms. The number of nitrogens with zero attached hydrogens (tertiary/aromatic N) is 3. The molecule has 1 heterocycles. The highest BCUT2D eigenvalue weighted by atomic mass is 32.2. The van der Waals surface area contributed by atoms with Gasteiger partial charge in [-0.25, -0.2) is 8.42 Å². The van der Waals surface area contributed by atoms with Crippen LogP contribution in [0.25, 0.3) is 6.08 Å². The van der Waals surface area contributed by atoms with Crippen LogP contribution in [0.2, 0.25) is 0 Å². The van der Waals surface area contributed by atoms with E-state index < -0.39 is 14.9 Å². The van der Waals surface area contributed by atoms with Crippen molar-refractivity contribution >= 4 is 33.4 Å². The predicted molar refractivity (Wildman–Crippen MR) is 115 cm³/mol. The van der Waals surface area contributed by atoms with Crippen molar-refractivity contribution in [3.63, 3.8) is 0 Å². The summed E-state index contributed by atoms with van der Waals surface area (Å²) >= 11 is 0. The van der Waals surface area contributed by atoms with Crippen molar-refractivity contribution in [2.75, 3.05) is 24.5 Å². The molecule has 0 unspecified atom stereocenters. The second kappa shape index (κ2) is 8.76. The molecule has 0 saturated heterocycles. The maximum atomic E-state index is 12.7. The number of benzene rings is 2. The van der Waals surface area contributed by atoms with E-state index in [1.165, 1.54) is 34.7 Å². The maximum absolute atomic E-state index is 12.7. The Labute approximate surface area is 175 Å². The molecule has 0 bridgehead atoms. The Bertz CT molecular complexity index is 1110. The third-order valence-electron chi connectivity index (χ3n) is 5.06. The van der Waals surface area contributed by atoms with Crippen molar-refractivity contribution in [1.29, 1.82) is 0 Å². The molecule has 0 fully saturated rings. The number of nitro benzene ring substituents is 1. The Balaban J connectivity index is 1.81. The minimum Gasteiger partial charge on any atom is -0.308 e. The molecule has 0 radical (unpaired) electrons. The summed E-state index contributed by atoms with van der Waals surface area (Å²) in [6, 6.07) is 10.9. The van der Waals surface area contributed by atoms with Gasteiger partial charge in [-0.15, -0.1) is 0 Å². The van der Waals surface area contributed by atoms with E-state index in [9.17, 15) is 23.3 Å². The van der Waals surface area contributed by atoms with E-state index in [0.29, 0.717) is 37.3 Å². The Hall–Kier alpha value is -3.04. The van der Waals surface area contributed by atoms with Crippen LogP contribution in [0, 0.1) is 10.1 Å². The zero-order valence-corrected chi connectivity index (χ0v) is 17.6. The lowest BCUT2D eigenvalue weighted by molar-refractivity contribution is -0.384. The molecule has 0 saturated carbocycles. The van der Waals surface area contributed by atoms with Crippen LogP contribution in [-0.2, 0) is 21.2 Å². The quantitative estimate of drug-likeness (QED) is 0.382. The van der Waals surface area contributed by atoms with E-state index in [0.717, 1.165) is 5.56 Å². The van der Waals surface area contributed by atoms with E-state index in [-0.39, 0.29) is 16.5 Å². The van der Waals surface area contributed by atoms with Crippen LogP contribution in [0.4, 0.5) is 11.4 Å². The van der Waals surface area contributed by atoms with Gasteiger partial charge in [-0.3, -0.25) is 14.9 Å². The van der Waals surface area contributed by atoms with Crippen molar-refractivity contribution in [3.8, 4) is 0 Å². The maximum Gasteiger partial charge on any atom is 0.270 e. The fourth-order valence-corrected chi connectivity index (χ4v) is 4.99. The van der Waals surface area contributed by atoms with Gasteiger partial charge in [0.15, 0.2) is 0 Å². The van der Waals surface area contributed by atoms with Crippen molar-refractivity contribution in [1.82, 2.24) is 4.31 Å². The molecular weight excluding hydrogens is 406 g/mol. The summed E-state index contributed by atoms with van der Waals surface area (Å²) in [5.41, 5.74) is 2.00. The lowest BCUT2D eigenvalue weighted by Crippen LogP contribution is -2.30. The first-order valence-corrected chi connectivity index (χ1v) is 11.1. The van der Waals surface area contributed by atoms with E-state index in [1.54, 1.807) is 43.0 Å². The van der Waals surface area contributed by atoms with Crippen LogP contribution >= 0.6 is 0 Å². The standard InChI is InChI=1S/C21H23N3O5S/c1-3-22(4-2)30(28,29)19-9-10-20-17(15-19)12-13-23(20)21(25)11-8-16-6-5-7-18(14-16)24(26)27/h5-11,14-15H,3-4,12-13H2,1-2H3/b11-8+. The smallest absolute Gasteiger partial charge is 0.270 e. The zero-order chi connectivity index (χ0) is 21.9. The number of hydrogen-bond acceptors (Lipinski definition) is 5. The second-order valence-electron chi connectivity index (χ2n) is 6.81. The zero-order valence-electron chi connectivity index (χ0n) is 16.8. The molecule has 1 aliphatic heterocycles. The minimum atomic E-state index is -3.56. The largest absolute Gasteiger partial charge is 0.308 e. The molecule has 2 aromatic rings. The highest BCUT2D eigenvalue weighted by Crippen LogP contribution is 2.31. The van der Waals surface area contributed by atoms with Gasteiger partial charge < -0.3 is 4.90 Å². The molecule has 3 rings (SSSR count). The van der Waals surface area contributed by atoms with Gasteiger partial charge in [-0.05, 0) is 41.8 Å². The highest BCUT2D eigenvalue weighted by molar-refractivity contribution is 7.89. The highest BCUT2D eigenvalue weighted by Gasteiger charge is 2.27. The van der Waals surface area contributed by atoms with Crippen molar-refractivity contribution in [3.05, 3.63) is 69.8 Å². The van der Waals surface area contributed by atoms with Crippen molar-refractivity contribution in [2.45, 2.75) is 25.2 Å². The molecule has 0 aromatic heterocycles. The molecule has 2 aromatic carbocycles. The number of rotatable bonds is 7. The van der Waals surface area contributed by atoms with Gasteiger partial charge in [0, 0.05) is 43.5 Å². The number of carbonyl (C=O) groups excluding carboxylic acids is 1. The molecule has 1 aliphatic rings. The first kappa shape index (κ1) is 21.7. The van der Waals surface area contributed by atoms with Crippen LogP contribution in [0.15, 0.2) is 53.4 Å². The summed E-state index contributed by atoms with van der Waals surface area (Å²) in [5.74, 6) is -0.264. The topological polar surface area (TPSA) is 101 Å². The third kappa shape index (κ3) is 4.27. The van der Waals surface area contributed by atoms with Crippen LogP contribution < -0.4 is 4.90 Å². The fourth-order valence-electron chi connectivity index (χ4n) is 3.48. The summed E-state index contributed by atoms with van der Waals surface area (Å²) in [4.78, 5) is 24.9. The average Bonchev–Trinajstić information content (AvgIpc) is 3.16. The van der Waals surface area contributed by atoms with Gasteiger partial charge in [0.2, 0.25) is 10.0 Å². The molecule has 9 heteroatoms. The summed E-state index contributed by atoms with van der Waals surface area (Å²) in [7, 11) is -3.56. The summed E-state index contributed by atoms with van der Waals surface area (Å²) in [5, 5.41) is 10.9. The summed E-state index contributed by atoms with van der Waals surface area (Å²) in [6.07, 6.45) is 3.47. The Morgan fingerprint density at radius 2 is 1.93 bits per heavy atom. The van der Waals surface area contributed by atoms with Crippen LogP contribution in [0.3, 0.4) is 0 Å². The van der Waals surface area contributed by atoms with Gasteiger partial charge in [-0.2, -0.15) is 4.31 Å².